The zero-order valence-electron chi connectivity index (χ0n) is 14.3. The highest BCUT2D eigenvalue weighted by Gasteiger charge is 2.34. The highest BCUT2D eigenvalue weighted by Crippen LogP contribution is 2.46. The lowest BCUT2D eigenvalue weighted by Gasteiger charge is -2.28. The lowest BCUT2D eigenvalue weighted by atomic mass is 10.1. The monoisotopic (exact) mass is 429 g/mol. The van der Waals surface area contributed by atoms with Gasteiger partial charge in [0.25, 0.3) is 11.8 Å². The van der Waals surface area contributed by atoms with E-state index in [1.54, 1.807) is 12.1 Å². The molecule has 0 atom stereocenters. The van der Waals surface area contributed by atoms with Crippen LogP contribution in [-0.4, -0.2) is 32.0 Å². The summed E-state index contributed by atoms with van der Waals surface area (Å²) in [7, 11) is -3.75. The third kappa shape index (κ3) is 4.29. The maximum absolute atomic E-state index is 12.6. The molecule has 10 nitrogen and oxygen atoms in total. The number of halogens is 1. The Hall–Kier alpha value is -2.57. The SMILES string of the molecule is NS(O)(O)c1cc(C(=O)ON2C(=O)CCC2=O)c(NCc2ccco2)cc1Cl. The van der Waals surface area contributed by atoms with Crippen LogP contribution in [0.4, 0.5) is 5.69 Å². The number of benzene rings is 1. The van der Waals surface area contributed by atoms with Crippen molar-refractivity contribution in [1.82, 2.24) is 5.06 Å². The summed E-state index contributed by atoms with van der Waals surface area (Å²) in [6, 6.07) is 5.66. The highest BCUT2D eigenvalue weighted by molar-refractivity contribution is 8.22. The molecule has 2 aromatic rings. The van der Waals surface area contributed by atoms with Crippen molar-refractivity contribution in [3.05, 3.63) is 46.9 Å². The molecule has 1 saturated heterocycles. The summed E-state index contributed by atoms with van der Waals surface area (Å²) in [4.78, 5) is 40.6. The van der Waals surface area contributed by atoms with Crippen LogP contribution in [0.2, 0.25) is 5.02 Å². The van der Waals surface area contributed by atoms with E-state index >= 15 is 0 Å². The van der Waals surface area contributed by atoms with Crippen molar-refractivity contribution in [2.45, 2.75) is 24.3 Å². The molecule has 0 unspecified atom stereocenters. The van der Waals surface area contributed by atoms with Gasteiger partial charge in [-0.3, -0.25) is 18.7 Å². The lowest BCUT2D eigenvalue weighted by Crippen LogP contribution is -2.32. The molecule has 1 aromatic carbocycles. The number of nitrogens with zero attached hydrogens (tertiary/aromatic N) is 1. The number of imide groups is 1. The molecule has 3 rings (SSSR count). The van der Waals surface area contributed by atoms with Crippen molar-refractivity contribution < 1.29 is 32.7 Å². The van der Waals surface area contributed by atoms with Gasteiger partial charge in [0, 0.05) is 12.8 Å². The van der Waals surface area contributed by atoms with Crippen LogP contribution in [0.1, 0.15) is 29.0 Å². The quantitative estimate of drug-likeness (QED) is 0.507. The Morgan fingerprint density at radius 3 is 2.57 bits per heavy atom. The lowest BCUT2D eigenvalue weighted by molar-refractivity contribution is -0.172. The largest absolute Gasteiger partial charge is 0.467 e. The normalized spacial score (nSPS) is 15.1. The molecular weight excluding hydrogens is 414 g/mol. The predicted octanol–water partition coefficient (Wildman–Crippen LogP) is 2.75. The maximum atomic E-state index is 12.6. The number of carbonyl (C=O) groups is 3. The number of amides is 2. The number of anilines is 1. The van der Waals surface area contributed by atoms with Gasteiger partial charge in [0.1, 0.15) is 5.76 Å². The zero-order chi connectivity index (χ0) is 20.5. The Balaban J connectivity index is 1.93. The summed E-state index contributed by atoms with van der Waals surface area (Å²) in [5.41, 5.74) is -0.0539. The fraction of sp³-hybridized carbons (Fsp3) is 0.188. The molecule has 12 heteroatoms. The van der Waals surface area contributed by atoms with E-state index in [4.69, 9.17) is 26.0 Å². The smallest absolute Gasteiger partial charge is 0.366 e. The van der Waals surface area contributed by atoms with E-state index in [2.05, 4.69) is 5.32 Å². The highest BCUT2D eigenvalue weighted by atomic mass is 35.5. The Bertz CT molecular complexity index is 911. The van der Waals surface area contributed by atoms with E-state index in [1.165, 1.54) is 12.3 Å². The van der Waals surface area contributed by atoms with Crippen molar-refractivity contribution in [2.24, 2.45) is 5.14 Å². The van der Waals surface area contributed by atoms with Crippen molar-refractivity contribution in [2.75, 3.05) is 5.32 Å². The van der Waals surface area contributed by atoms with Crippen molar-refractivity contribution in [1.29, 1.82) is 0 Å². The molecule has 0 radical (unpaired) electrons. The summed E-state index contributed by atoms with van der Waals surface area (Å²) >= 11 is 6.05. The Morgan fingerprint density at radius 1 is 1.32 bits per heavy atom. The second-order valence-corrected chi connectivity index (χ2v) is 7.85. The van der Waals surface area contributed by atoms with Crippen LogP contribution in [0, 0.1) is 0 Å². The maximum Gasteiger partial charge on any atom is 0.366 e. The number of furan rings is 1. The van der Waals surface area contributed by atoms with Gasteiger partial charge < -0.3 is 14.6 Å². The molecular formula is C16H16ClN3O7S. The second kappa shape index (κ2) is 7.81. The van der Waals surface area contributed by atoms with E-state index < -0.39 is 28.6 Å². The topological polar surface area (TPSA) is 155 Å². The molecule has 1 fully saturated rings. The number of hydrogen-bond donors (Lipinski definition) is 4. The summed E-state index contributed by atoms with van der Waals surface area (Å²) in [5.74, 6) is -1.83. The summed E-state index contributed by atoms with van der Waals surface area (Å²) in [6.07, 6.45) is 1.34. The number of rotatable bonds is 6. The number of carbonyl (C=O) groups excluding carboxylic acids is 3. The van der Waals surface area contributed by atoms with Crippen LogP contribution in [-0.2, 0) is 21.0 Å². The van der Waals surface area contributed by atoms with E-state index in [0.29, 0.717) is 10.8 Å². The minimum atomic E-state index is -3.75. The number of nitrogens with one attached hydrogen (secondary N) is 1. The van der Waals surface area contributed by atoms with Crippen molar-refractivity contribution >= 4 is 45.8 Å². The van der Waals surface area contributed by atoms with Gasteiger partial charge in [0.2, 0.25) is 0 Å². The first-order chi connectivity index (χ1) is 13.2. The molecule has 0 spiro atoms. The standard InChI is InChI=1S/C16H16ClN3O7S/c17-11-7-12(19-8-9-2-1-5-26-9)10(6-13(11)28(18,24)25)16(23)27-20-14(21)3-4-15(20)22/h1-2,5-7,19,24-25H,3-4,8,18H2. The molecule has 2 amide bonds. The number of hydrogen-bond acceptors (Lipinski definition) is 9. The minimum Gasteiger partial charge on any atom is -0.467 e. The van der Waals surface area contributed by atoms with E-state index in [1.807, 2.05) is 0 Å². The predicted molar refractivity (Wildman–Crippen MR) is 99.3 cm³/mol. The van der Waals surface area contributed by atoms with Gasteiger partial charge in [0.15, 0.2) is 0 Å². The Labute approximate surface area is 165 Å². The van der Waals surface area contributed by atoms with Gasteiger partial charge in [-0.1, -0.05) is 11.6 Å². The van der Waals surface area contributed by atoms with Crippen LogP contribution in [0.5, 0.6) is 0 Å². The number of nitrogens with two attached hydrogens (primary N) is 1. The molecule has 0 saturated carbocycles. The summed E-state index contributed by atoms with van der Waals surface area (Å²) in [5, 5.41) is 8.52. The van der Waals surface area contributed by atoms with Crippen molar-refractivity contribution in [3.8, 4) is 0 Å². The Morgan fingerprint density at radius 2 is 2.00 bits per heavy atom. The third-order valence-electron chi connectivity index (χ3n) is 3.83. The molecule has 1 aliphatic heterocycles. The van der Waals surface area contributed by atoms with Crippen LogP contribution in [0.15, 0.2) is 39.8 Å². The summed E-state index contributed by atoms with van der Waals surface area (Å²) < 4.78 is 24.7. The second-order valence-electron chi connectivity index (χ2n) is 5.81. The first-order valence-electron chi connectivity index (χ1n) is 7.90. The molecule has 1 aliphatic rings. The molecule has 0 aliphatic carbocycles. The van der Waals surface area contributed by atoms with Gasteiger partial charge in [-0.2, -0.15) is 0 Å². The summed E-state index contributed by atoms with van der Waals surface area (Å²) in [6.45, 7) is 0.170. The molecule has 5 N–H and O–H groups in total. The minimum absolute atomic E-state index is 0.0646. The van der Waals surface area contributed by atoms with Gasteiger partial charge in [0.05, 0.1) is 34.0 Å². The van der Waals surface area contributed by atoms with E-state index in [9.17, 15) is 23.5 Å². The average molecular weight is 430 g/mol. The van der Waals surface area contributed by atoms with Gasteiger partial charge >= 0.3 is 5.97 Å². The fourth-order valence-electron chi connectivity index (χ4n) is 2.48. The van der Waals surface area contributed by atoms with Gasteiger partial charge in [-0.25, -0.2) is 9.93 Å². The molecule has 28 heavy (non-hydrogen) atoms. The first-order valence-corrected chi connectivity index (χ1v) is 9.89. The van der Waals surface area contributed by atoms with Crippen LogP contribution >= 0.6 is 22.4 Å². The first kappa shape index (κ1) is 20.2. The molecule has 150 valence electrons. The molecule has 1 aromatic heterocycles. The molecule has 2 heterocycles. The number of hydroxylamine groups is 2. The van der Waals surface area contributed by atoms with Crippen LogP contribution < -0.4 is 10.5 Å². The van der Waals surface area contributed by atoms with Gasteiger partial charge in [-0.15, -0.1) is 15.8 Å². The third-order valence-corrected chi connectivity index (χ3v) is 5.24. The van der Waals surface area contributed by atoms with E-state index in [-0.39, 0.29) is 40.6 Å². The Kier molecular flexibility index (Phi) is 5.63. The van der Waals surface area contributed by atoms with Gasteiger partial charge in [-0.05, 0) is 24.3 Å². The average Bonchev–Trinajstić information content (AvgIpc) is 3.24. The van der Waals surface area contributed by atoms with Crippen LogP contribution in [0.25, 0.3) is 0 Å². The zero-order valence-corrected chi connectivity index (χ0v) is 15.8. The van der Waals surface area contributed by atoms with Crippen LogP contribution in [0.3, 0.4) is 0 Å². The fourth-order valence-corrected chi connectivity index (χ4v) is 3.63. The van der Waals surface area contributed by atoms with Crippen molar-refractivity contribution in [3.63, 3.8) is 0 Å². The van der Waals surface area contributed by atoms with E-state index in [0.717, 1.165) is 6.07 Å². The molecule has 0 bridgehead atoms.